The van der Waals surface area contributed by atoms with Gasteiger partial charge < -0.3 is 10.1 Å². The summed E-state index contributed by atoms with van der Waals surface area (Å²) in [5.41, 5.74) is 1.98. The molecule has 0 radical (unpaired) electrons. The van der Waals surface area contributed by atoms with Gasteiger partial charge in [-0.2, -0.15) is 0 Å². The van der Waals surface area contributed by atoms with E-state index in [1.165, 1.54) is 4.90 Å². The number of nitrogens with one attached hydrogen (secondary N) is 1. The third kappa shape index (κ3) is 4.98. The fourth-order valence-corrected chi connectivity index (χ4v) is 2.84. The maximum absolute atomic E-state index is 12.6. The zero-order chi connectivity index (χ0) is 19.4. The van der Waals surface area contributed by atoms with Crippen LogP contribution in [0.5, 0.6) is 5.75 Å². The van der Waals surface area contributed by atoms with Crippen LogP contribution in [-0.4, -0.2) is 23.4 Å². The summed E-state index contributed by atoms with van der Waals surface area (Å²) in [6, 6.07) is 14.5. The van der Waals surface area contributed by atoms with E-state index < -0.39 is 6.03 Å². The van der Waals surface area contributed by atoms with Crippen LogP contribution in [0.3, 0.4) is 0 Å². The number of nitrogens with zero attached hydrogens (tertiary/aromatic N) is 1. The minimum atomic E-state index is -0.411. The van der Waals surface area contributed by atoms with E-state index in [-0.39, 0.29) is 18.1 Å². The van der Waals surface area contributed by atoms with Gasteiger partial charge in [-0.1, -0.05) is 54.0 Å². The van der Waals surface area contributed by atoms with Crippen molar-refractivity contribution in [1.29, 1.82) is 0 Å². The van der Waals surface area contributed by atoms with Crippen molar-refractivity contribution < 1.29 is 14.3 Å². The van der Waals surface area contributed by atoms with Crippen molar-refractivity contribution in [3.8, 4) is 5.75 Å². The Morgan fingerprint density at radius 1 is 1.07 bits per heavy atom. The maximum atomic E-state index is 12.6. The van der Waals surface area contributed by atoms with Crippen LogP contribution in [0.25, 0.3) is 6.08 Å². The highest BCUT2D eigenvalue weighted by molar-refractivity contribution is 9.10. The number of rotatable bonds is 6. The number of hydrogen-bond donors (Lipinski definition) is 1. The predicted molar refractivity (Wildman–Crippen MR) is 108 cm³/mol. The number of carbonyl (C=O) groups is 2. The molecule has 1 N–H and O–H groups in total. The quantitative estimate of drug-likeness (QED) is 0.541. The van der Waals surface area contributed by atoms with Gasteiger partial charge >= 0.3 is 6.03 Å². The van der Waals surface area contributed by atoms with Gasteiger partial charge in [-0.25, -0.2) is 4.79 Å². The van der Waals surface area contributed by atoms with E-state index in [2.05, 4.69) is 35.1 Å². The first-order valence-electron chi connectivity index (χ1n) is 8.74. The summed E-state index contributed by atoms with van der Waals surface area (Å²) in [4.78, 5) is 26.0. The van der Waals surface area contributed by atoms with Crippen LogP contribution in [0, 0.1) is 5.92 Å². The molecule has 1 saturated heterocycles. The highest BCUT2D eigenvalue weighted by atomic mass is 79.9. The van der Waals surface area contributed by atoms with Crippen molar-refractivity contribution in [3.63, 3.8) is 0 Å². The number of ether oxygens (including phenoxy) is 1. The van der Waals surface area contributed by atoms with E-state index in [4.69, 9.17) is 4.74 Å². The van der Waals surface area contributed by atoms with Crippen molar-refractivity contribution >= 4 is 33.9 Å². The number of carbonyl (C=O) groups excluding carboxylic acids is 2. The zero-order valence-corrected chi connectivity index (χ0v) is 16.8. The van der Waals surface area contributed by atoms with Gasteiger partial charge in [-0.15, -0.1) is 0 Å². The van der Waals surface area contributed by atoms with Crippen molar-refractivity contribution in [2.45, 2.75) is 20.4 Å². The van der Waals surface area contributed by atoms with Crippen molar-refractivity contribution in [2.75, 3.05) is 6.61 Å². The van der Waals surface area contributed by atoms with Crippen LogP contribution in [0.1, 0.15) is 25.0 Å². The summed E-state index contributed by atoms with van der Waals surface area (Å²) in [6.45, 7) is 5.07. The number of amides is 3. The molecule has 3 amide bonds. The highest BCUT2D eigenvalue weighted by Gasteiger charge is 2.33. The molecule has 0 spiro atoms. The van der Waals surface area contributed by atoms with E-state index >= 15 is 0 Å². The van der Waals surface area contributed by atoms with Crippen molar-refractivity contribution in [2.24, 2.45) is 5.92 Å². The molecule has 2 aromatic carbocycles. The van der Waals surface area contributed by atoms with Gasteiger partial charge in [-0.3, -0.25) is 9.69 Å². The normalized spacial score (nSPS) is 15.6. The second-order valence-electron chi connectivity index (χ2n) is 6.78. The van der Waals surface area contributed by atoms with Crippen LogP contribution < -0.4 is 10.1 Å². The first-order chi connectivity index (χ1) is 12.9. The Hall–Kier alpha value is -2.60. The molecule has 0 aliphatic carbocycles. The van der Waals surface area contributed by atoms with Gasteiger partial charge in [0.1, 0.15) is 11.4 Å². The first kappa shape index (κ1) is 19.2. The monoisotopic (exact) mass is 428 g/mol. The largest absolute Gasteiger partial charge is 0.493 e. The Morgan fingerprint density at radius 2 is 1.74 bits per heavy atom. The molecule has 1 aliphatic heterocycles. The molecule has 0 bridgehead atoms. The standard InChI is InChI=1S/C21H21BrN2O3/c1-14(2)13-27-18-9-5-15(6-10-18)11-19-20(25)24(21(26)23-19)12-16-3-7-17(22)8-4-16/h3-11,14H,12-13H2,1-2H3,(H,23,26)/b19-11-. The molecule has 1 fully saturated rings. The van der Waals surface area contributed by atoms with Gasteiger partial charge in [0, 0.05) is 4.47 Å². The second kappa shape index (κ2) is 8.39. The van der Waals surface area contributed by atoms with Gasteiger partial charge in [0.15, 0.2) is 0 Å². The Morgan fingerprint density at radius 3 is 2.37 bits per heavy atom. The molecular weight excluding hydrogens is 408 g/mol. The topological polar surface area (TPSA) is 58.6 Å². The lowest BCUT2D eigenvalue weighted by Gasteiger charge is -2.11. The summed E-state index contributed by atoms with van der Waals surface area (Å²) in [7, 11) is 0. The average Bonchev–Trinajstić information content (AvgIpc) is 2.90. The van der Waals surface area contributed by atoms with Crippen molar-refractivity contribution in [1.82, 2.24) is 10.2 Å². The van der Waals surface area contributed by atoms with Crippen molar-refractivity contribution in [3.05, 3.63) is 69.8 Å². The van der Waals surface area contributed by atoms with Gasteiger partial charge in [0.2, 0.25) is 0 Å². The van der Waals surface area contributed by atoms with Crippen LogP contribution in [0.15, 0.2) is 58.7 Å². The smallest absolute Gasteiger partial charge is 0.329 e. The summed E-state index contributed by atoms with van der Waals surface area (Å²) in [5.74, 6) is 0.905. The van der Waals surface area contributed by atoms with Crippen LogP contribution in [0.2, 0.25) is 0 Å². The number of imide groups is 1. The summed E-state index contributed by atoms with van der Waals surface area (Å²) >= 11 is 3.37. The third-order valence-electron chi connectivity index (χ3n) is 3.99. The zero-order valence-electron chi connectivity index (χ0n) is 15.2. The Kier molecular flexibility index (Phi) is 5.96. The maximum Gasteiger partial charge on any atom is 0.329 e. The lowest BCUT2D eigenvalue weighted by Crippen LogP contribution is -2.30. The Bertz CT molecular complexity index is 858. The van der Waals surface area contributed by atoms with Gasteiger partial charge in [0.25, 0.3) is 5.91 Å². The van der Waals surface area contributed by atoms with E-state index in [1.54, 1.807) is 6.08 Å². The highest BCUT2D eigenvalue weighted by Crippen LogP contribution is 2.20. The number of urea groups is 1. The molecule has 27 heavy (non-hydrogen) atoms. The Balaban J connectivity index is 1.69. The first-order valence-corrected chi connectivity index (χ1v) is 9.53. The van der Waals surface area contributed by atoms with Crippen LogP contribution in [-0.2, 0) is 11.3 Å². The minimum Gasteiger partial charge on any atom is -0.493 e. The summed E-state index contributed by atoms with van der Waals surface area (Å²) in [5, 5.41) is 2.65. The van der Waals surface area contributed by atoms with E-state index in [0.717, 1.165) is 21.3 Å². The Labute approximate surface area is 167 Å². The molecule has 0 aromatic heterocycles. The lowest BCUT2D eigenvalue weighted by atomic mass is 10.1. The number of halogens is 1. The third-order valence-corrected chi connectivity index (χ3v) is 4.52. The van der Waals surface area contributed by atoms with E-state index in [1.807, 2.05) is 48.5 Å². The molecule has 140 valence electrons. The fourth-order valence-electron chi connectivity index (χ4n) is 2.58. The van der Waals surface area contributed by atoms with Crippen LogP contribution in [0.4, 0.5) is 4.79 Å². The number of hydrogen-bond acceptors (Lipinski definition) is 3. The minimum absolute atomic E-state index is 0.233. The molecule has 6 heteroatoms. The van der Waals surface area contributed by atoms with Crippen LogP contribution >= 0.6 is 15.9 Å². The second-order valence-corrected chi connectivity index (χ2v) is 7.70. The molecular formula is C21H21BrN2O3. The molecule has 1 heterocycles. The van der Waals surface area contributed by atoms with E-state index in [0.29, 0.717) is 12.5 Å². The van der Waals surface area contributed by atoms with Gasteiger partial charge in [0.05, 0.1) is 13.2 Å². The average molecular weight is 429 g/mol. The summed E-state index contributed by atoms with van der Waals surface area (Å²) in [6.07, 6.45) is 1.67. The lowest BCUT2D eigenvalue weighted by molar-refractivity contribution is -0.123. The molecule has 5 nitrogen and oxygen atoms in total. The predicted octanol–water partition coefficient (Wildman–Crippen LogP) is 4.58. The fraction of sp³-hybridized carbons (Fsp3) is 0.238. The summed E-state index contributed by atoms with van der Waals surface area (Å²) < 4.78 is 6.60. The van der Waals surface area contributed by atoms with E-state index in [9.17, 15) is 9.59 Å². The number of benzene rings is 2. The molecule has 3 rings (SSSR count). The molecule has 0 saturated carbocycles. The molecule has 1 aliphatic rings. The molecule has 2 aromatic rings. The van der Waals surface area contributed by atoms with Gasteiger partial charge in [-0.05, 0) is 47.4 Å². The SMILES string of the molecule is CC(C)COc1ccc(/C=C2\NC(=O)N(Cc3ccc(Br)cc3)C2=O)cc1. The molecule has 0 atom stereocenters. The molecule has 0 unspecified atom stereocenters.